The third-order valence-electron chi connectivity index (χ3n) is 4.52. The predicted octanol–water partition coefficient (Wildman–Crippen LogP) is 2.74. The van der Waals surface area contributed by atoms with Crippen LogP contribution in [0.4, 0.5) is 0 Å². The molecule has 0 fully saturated rings. The number of hydrogen-bond donors (Lipinski definition) is 1. The Morgan fingerprint density at radius 1 is 1.25 bits per heavy atom. The highest BCUT2D eigenvalue weighted by atomic mass is 16.5. The molecule has 1 aliphatic heterocycles. The minimum atomic E-state index is -1.21. The molecule has 0 aliphatic carbocycles. The molecule has 24 heavy (non-hydrogen) atoms. The van der Waals surface area contributed by atoms with Crippen LogP contribution < -0.4 is 14.9 Å². The van der Waals surface area contributed by atoms with E-state index in [2.05, 4.69) is 0 Å². The standard InChI is InChI=1S/C18H19NO5/c1-4-11-5-10-6-16(23-2)17(24-3)7-12(10)14-8-15(20)13(18(21)22)9-19(11)14/h6-9,11H,4-5H2,1-3H3,(H,21,22)/t11-/m1/s1. The van der Waals surface area contributed by atoms with Crippen molar-refractivity contribution in [2.75, 3.05) is 14.2 Å². The number of fused-ring (bicyclic) bond motifs is 3. The molecule has 1 N–H and O–H groups in total. The van der Waals surface area contributed by atoms with E-state index in [1.165, 1.54) is 12.3 Å². The van der Waals surface area contributed by atoms with Crippen molar-refractivity contribution < 1.29 is 19.4 Å². The quantitative estimate of drug-likeness (QED) is 0.933. The Kier molecular flexibility index (Phi) is 4.05. The monoisotopic (exact) mass is 329 g/mol. The Bertz CT molecular complexity index is 868. The highest BCUT2D eigenvalue weighted by Crippen LogP contribution is 2.41. The van der Waals surface area contributed by atoms with Crippen molar-refractivity contribution in [1.82, 2.24) is 4.57 Å². The van der Waals surface area contributed by atoms with Crippen LogP contribution in [0.1, 0.15) is 35.3 Å². The van der Waals surface area contributed by atoms with Crippen LogP contribution in [-0.4, -0.2) is 29.9 Å². The van der Waals surface area contributed by atoms with Crippen LogP contribution in [0.2, 0.25) is 0 Å². The zero-order valence-corrected chi connectivity index (χ0v) is 13.8. The summed E-state index contributed by atoms with van der Waals surface area (Å²) in [6.45, 7) is 2.04. The molecule has 126 valence electrons. The first kappa shape index (κ1) is 16.1. The topological polar surface area (TPSA) is 77.8 Å². The largest absolute Gasteiger partial charge is 0.493 e. The van der Waals surface area contributed by atoms with Gasteiger partial charge in [-0.2, -0.15) is 0 Å². The highest BCUT2D eigenvalue weighted by molar-refractivity contribution is 5.87. The van der Waals surface area contributed by atoms with Crippen molar-refractivity contribution >= 4 is 5.97 Å². The van der Waals surface area contributed by atoms with E-state index in [4.69, 9.17) is 9.47 Å². The van der Waals surface area contributed by atoms with Gasteiger partial charge >= 0.3 is 5.97 Å². The second-order valence-corrected chi connectivity index (χ2v) is 5.78. The number of methoxy groups -OCH3 is 2. The summed E-state index contributed by atoms with van der Waals surface area (Å²) in [7, 11) is 3.14. The summed E-state index contributed by atoms with van der Waals surface area (Å²) in [5.74, 6) is 0.0137. The Morgan fingerprint density at radius 2 is 1.92 bits per heavy atom. The molecule has 0 radical (unpaired) electrons. The Hall–Kier alpha value is -2.76. The molecule has 0 unspecified atom stereocenters. The molecule has 1 aromatic heterocycles. The average molecular weight is 329 g/mol. The van der Waals surface area contributed by atoms with Crippen molar-refractivity contribution in [1.29, 1.82) is 0 Å². The number of rotatable bonds is 4. The first-order valence-corrected chi connectivity index (χ1v) is 7.74. The van der Waals surface area contributed by atoms with E-state index in [0.29, 0.717) is 17.2 Å². The molecule has 6 nitrogen and oxygen atoms in total. The Morgan fingerprint density at radius 3 is 2.50 bits per heavy atom. The number of aromatic nitrogens is 1. The number of carbonyl (C=O) groups is 1. The van der Waals surface area contributed by atoms with Gasteiger partial charge in [-0.1, -0.05) is 6.92 Å². The van der Waals surface area contributed by atoms with Crippen LogP contribution in [0.5, 0.6) is 11.5 Å². The van der Waals surface area contributed by atoms with Gasteiger partial charge in [0.25, 0.3) is 0 Å². The first-order valence-electron chi connectivity index (χ1n) is 7.74. The number of hydrogen-bond acceptors (Lipinski definition) is 4. The number of benzene rings is 1. The Balaban J connectivity index is 2.29. The first-order chi connectivity index (χ1) is 11.5. The number of carboxylic acid groups (broad SMARTS) is 1. The van der Waals surface area contributed by atoms with E-state index in [1.54, 1.807) is 14.2 Å². The molecule has 0 spiro atoms. The molecule has 1 aliphatic rings. The SMILES string of the molecule is CC[C@@H]1Cc2cc(OC)c(OC)cc2-c2cc(=O)c(C(=O)O)cn21. The van der Waals surface area contributed by atoms with E-state index >= 15 is 0 Å². The van der Waals surface area contributed by atoms with E-state index in [0.717, 1.165) is 24.0 Å². The number of ether oxygens (including phenoxy) is 2. The normalized spacial score (nSPS) is 15.4. The summed E-state index contributed by atoms with van der Waals surface area (Å²) in [5.41, 5.74) is 1.93. The van der Waals surface area contributed by atoms with Crippen molar-refractivity contribution in [2.45, 2.75) is 25.8 Å². The number of carboxylic acids is 1. The van der Waals surface area contributed by atoms with Crippen molar-refractivity contribution in [3.8, 4) is 22.8 Å². The summed E-state index contributed by atoms with van der Waals surface area (Å²) in [4.78, 5) is 23.4. The number of aromatic carboxylic acids is 1. The van der Waals surface area contributed by atoms with Crippen LogP contribution >= 0.6 is 0 Å². The molecule has 0 amide bonds. The zero-order chi connectivity index (χ0) is 17.4. The lowest BCUT2D eigenvalue weighted by molar-refractivity contribution is 0.0694. The van der Waals surface area contributed by atoms with Crippen LogP contribution in [0.3, 0.4) is 0 Å². The van der Waals surface area contributed by atoms with E-state index in [-0.39, 0.29) is 11.6 Å². The van der Waals surface area contributed by atoms with E-state index in [1.807, 2.05) is 23.6 Å². The highest BCUT2D eigenvalue weighted by Gasteiger charge is 2.26. The Labute approximate surface area is 139 Å². The van der Waals surface area contributed by atoms with Crippen molar-refractivity contribution in [2.24, 2.45) is 0 Å². The maximum atomic E-state index is 12.2. The fraction of sp³-hybridized carbons (Fsp3) is 0.333. The minimum absolute atomic E-state index is 0.0873. The molecule has 2 aromatic rings. The molecule has 0 bridgehead atoms. The molecule has 1 aromatic carbocycles. The van der Waals surface area contributed by atoms with Crippen LogP contribution in [0, 0.1) is 0 Å². The molecule has 0 saturated heterocycles. The van der Waals surface area contributed by atoms with Gasteiger partial charge in [0, 0.05) is 23.9 Å². The summed E-state index contributed by atoms with van der Waals surface area (Å²) in [6, 6.07) is 5.25. The fourth-order valence-electron chi connectivity index (χ4n) is 3.25. The molecular weight excluding hydrogens is 310 g/mol. The lowest BCUT2D eigenvalue weighted by Gasteiger charge is -2.30. The van der Waals surface area contributed by atoms with Gasteiger partial charge in [-0.05, 0) is 30.5 Å². The second-order valence-electron chi connectivity index (χ2n) is 5.78. The van der Waals surface area contributed by atoms with Gasteiger partial charge in [-0.3, -0.25) is 4.79 Å². The van der Waals surface area contributed by atoms with Crippen molar-refractivity contribution in [3.05, 3.63) is 45.7 Å². The molecular formula is C18H19NO5. The molecule has 3 rings (SSSR count). The smallest absolute Gasteiger partial charge is 0.341 e. The lowest BCUT2D eigenvalue weighted by Crippen LogP contribution is -2.25. The molecule has 2 heterocycles. The van der Waals surface area contributed by atoms with Gasteiger partial charge in [0.15, 0.2) is 16.9 Å². The minimum Gasteiger partial charge on any atom is -0.493 e. The summed E-state index contributed by atoms with van der Waals surface area (Å²) >= 11 is 0. The lowest BCUT2D eigenvalue weighted by atomic mass is 9.90. The summed E-state index contributed by atoms with van der Waals surface area (Å²) < 4.78 is 12.6. The van der Waals surface area contributed by atoms with Crippen LogP contribution in [-0.2, 0) is 6.42 Å². The van der Waals surface area contributed by atoms with Gasteiger partial charge in [-0.15, -0.1) is 0 Å². The average Bonchev–Trinajstić information content (AvgIpc) is 2.58. The van der Waals surface area contributed by atoms with Crippen LogP contribution in [0.25, 0.3) is 11.3 Å². The molecule has 1 atom stereocenters. The fourth-order valence-corrected chi connectivity index (χ4v) is 3.25. The predicted molar refractivity (Wildman–Crippen MR) is 89.2 cm³/mol. The van der Waals surface area contributed by atoms with E-state index in [9.17, 15) is 14.7 Å². The maximum absolute atomic E-state index is 12.2. The summed E-state index contributed by atoms with van der Waals surface area (Å²) in [5, 5.41) is 9.22. The maximum Gasteiger partial charge on any atom is 0.341 e. The van der Waals surface area contributed by atoms with Gasteiger partial charge in [0.05, 0.1) is 19.9 Å². The third-order valence-corrected chi connectivity index (χ3v) is 4.52. The van der Waals surface area contributed by atoms with E-state index < -0.39 is 11.4 Å². The number of nitrogens with zero attached hydrogens (tertiary/aromatic N) is 1. The van der Waals surface area contributed by atoms with Gasteiger partial charge in [0.2, 0.25) is 0 Å². The number of pyridine rings is 1. The molecule has 6 heteroatoms. The van der Waals surface area contributed by atoms with Crippen LogP contribution in [0.15, 0.2) is 29.2 Å². The molecule has 0 saturated carbocycles. The van der Waals surface area contributed by atoms with Gasteiger partial charge < -0.3 is 19.1 Å². The van der Waals surface area contributed by atoms with Gasteiger partial charge in [-0.25, -0.2) is 4.79 Å². The third kappa shape index (κ3) is 2.44. The van der Waals surface area contributed by atoms with Gasteiger partial charge in [0.1, 0.15) is 5.56 Å². The summed E-state index contributed by atoms with van der Waals surface area (Å²) in [6.07, 6.45) is 3.01. The second kappa shape index (κ2) is 6.03. The zero-order valence-electron chi connectivity index (χ0n) is 13.8. The van der Waals surface area contributed by atoms with Crippen molar-refractivity contribution in [3.63, 3.8) is 0 Å².